The highest BCUT2D eigenvalue weighted by atomic mass is 16.5. The van der Waals surface area contributed by atoms with Gasteiger partial charge in [0.05, 0.1) is 21.5 Å². The fraction of sp³-hybridized carbons (Fsp3) is 0. The largest absolute Gasteiger partial charge is 0.504 e. The first-order chi connectivity index (χ1) is 20.5. The van der Waals surface area contributed by atoms with Crippen molar-refractivity contribution in [2.24, 2.45) is 0 Å². The Bertz CT molecular complexity index is 2600. The average molecular weight is 586 g/mol. The fourth-order valence-corrected chi connectivity index (χ4v) is 5.44. The van der Waals surface area contributed by atoms with E-state index >= 15 is 0 Å². The first-order valence-corrected chi connectivity index (χ1v) is 12.0. The number of hydrogen-bond donors (Lipinski definition) is 6. The standard InChI is InChI=1S/C28H10O15/c29-9-1-5-13-15-7(25(35)40-21(13)17(9)33)3-11(31)19(23(15)42-27(5)37)39-20-12(32)4-8-16-14-6(28(38)43-24(16)20)2-10(30)18(34)22(14)41-26(8)36/h1-4,29-34H. The molecule has 0 saturated heterocycles. The molecule has 212 valence electrons. The summed E-state index contributed by atoms with van der Waals surface area (Å²) >= 11 is 0. The van der Waals surface area contributed by atoms with Gasteiger partial charge in [0.1, 0.15) is 0 Å². The molecular formula is C28H10O15. The minimum atomic E-state index is -1.11. The molecule has 0 amide bonds. The summed E-state index contributed by atoms with van der Waals surface area (Å²) in [6, 6.07) is 3.56. The fourth-order valence-electron chi connectivity index (χ4n) is 5.44. The normalized spacial score (nSPS) is 12.2. The van der Waals surface area contributed by atoms with Gasteiger partial charge in [0, 0.05) is 21.5 Å². The molecule has 43 heavy (non-hydrogen) atoms. The summed E-state index contributed by atoms with van der Waals surface area (Å²) in [7, 11) is 0. The lowest BCUT2D eigenvalue weighted by molar-refractivity contribution is 0.378. The lowest BCUT2D eigenvalue weighted by Gasteiger charge is -2.16. The lowest BCUT2D eigenvalue weighted by atomic mass is 10.0. The van der Waals surface area contributed by atoms with Gasteiger partial charge < -0.3 is 53.0 Å². The van der Waals surface area contributed by atoms with Crippen molar-refractivity contribution in [3.63, 3.8) is 0 Å². The monoisotopic (exact) mass is 586 g/mol. The van der Waals surface area contributed by atoms with E-state index in [4.69, 9.17) is 22.4 Å². The van der Waals surface area contributed by atoms with Crippen LogP contribution in [0.2, 0.25) is 0 Å². The van der Waals surface area contributed by atoms with Crippen LogP contribution in [0.25, 0.3) is 65.4 Å². The highest BCUT2D eigenvalue weighted by molar-refractivity contribution is 6.24. The molecule has 4 aromatic heterocycles. The molecule has 4 aromatic carbocycles. The summed E-state index contributed by atoms with van der Waals surface area (Å²) in [5.74, 6) is -6.25. The van der Waals surface area contributed by atoms with E-state index < -0.39 is 90.8 Å². The Kier molecular flexibility index (Phi) is 4.25. The molecule has 0 aliphatic carbocycles. The zero-order chi connectivity index (χ0) is 30.2. The molecule has 6 N–H and O–H groups in total. The third-order valence-corrected chi connectivity index (χ3v) is 7.27. The molecule has 0 fully saturated rings. The van der Waals surface area contributed by atoms with Crippen LogP contribution in [0.3, 0.4) is 0 Å². The molecule has 0 aliphatic heterocycles. The molecule has 4 heterocycles. The zero-order valence-corrected chi connectivity index (χ0v) is 20.7. The van der Waals surface area contributed by atoms with E-state index in [-0.39, 0.29) is 43.1 Å². The molecule has 15 heteroatoms. The Labute approximate surface area is 230 Å². The molecule has 8 rings (SSSR count). The number of aromatic hydroxyl groups is 6. The number of ether oxygens (including phenoxy) is 1. The van der Waals surface area contributed by atoms with Crippen molar-refractivity contribution >= 4 is 65.4 Å². The van der Waals surface area contributed by atoms with Crippen molar-refractivity contribution in [1.82, 2.24) is 0 Å². The predicted octanol–water partition coefficient (Wildman–Crippen LogP) is 3.32. The van der Waals surface area contributed by atoms with Crippen LogP contribution in [0.15, 0.2) is 61.1 Å². The molecule has 0 saturated carbocycles. The van der Waals surface area contributed by atoms with Gasteiger partial charge in [-0.05, 0) is 24.3 Å². The molecule has 15 nitrogen and oxygen atoms in total. The first-order valence-electron chi connectivity index (χ1n) is 12.0. The van der Waals surface area contributed by atoms with Crippen molar-refractivity contribution in [3.05, 3.63) is 65.9 Å². The van der Waals surface area contributed by atoms with Crippen LogP contribution in [0.4, 0.5) is 0 Å². The molecular weight excluding hydrogens is 576 g/mol. The second-order valence-corrected chi connectivity index (χ2v) is 9.61. The Morgan fingerprint density at radius 3 is 1.05 bits per heavy atom. The predicted molar refractivity (Wildman–Crippen MR) is 144 cm³/mol. The summed E-state index contributed by atoms with van der Waals surface area (Å²) < 4.78 is 26.8. The van der Waals surface area contributed by atoms with Crippen LogP contribution >= 0.6 is 0 Å². The zero-order valence-electron chi connectivity index (χ0n) is 20.7. The maximum atomic E-state index is 13.0. The Morgan fingerprint density at radius 1 is 0.419 bits per heavy atom. The van der Waals surface area contributed by atoms with Crippen LogP contribution in [0.5, 0.6) is 46.0 Å². The van der Waals surface area contributed by atoms with Crippen molar-refractivity contribution in [2.45, 2.75) is 0 Å². The van der Waals surface area contributed by atoms with Gasteiger partial charge in [-0.15, -0.1) is 0 Å². The van der Waals surface area contributed by atoms with Crippen LogP contribution < -0.4 is 27.2 Å². The van der Waals surface area contributed by atoms with Crippen LogP contribution in [-0.4, -0.2) is 30.6 Å². The van der Waals surface area contributed by atoms with Gasteiger partial charge in [-0.3, -0.25) is 0 Å². The van der Waals surface area contributed by atoms with E-state index in [1.165, 1.54) is 0 Å². The second-order valence-electron chi connectivity index (χ2n) is 9.61. The van der Waals surface area contributed by atoms with Gasteiger partial charge in [-0.25, -0.2) is 19.2 Å². The molecule has 0 radical (unpaired) electrons. The third-order valence-electron chi connectivity index (χ3n) is 7.27. The minimum Gasteiger partial charge on any atom is -0.504 e. The van der Waals surface area contributed by atoms with Gasteiger partial charge in [0.2, 0.25) is 23.0 Å². The number of benzene rings is 4. The second kappa shape index (κ2) is 7.55. The van der Waals surface area contributed by atoms with Crippen molar-refractivity contribution in [2.75, 3.05) is 0 Å². The van der Waals surface area contributed by atoms with Gasteiger partial charge in [-0.2, -0.15) is 0 Å². The smallest absolute Gasteiger partial charge is 0.344 e. The van der Waals surface area contributed by atoms with Gasteiger partial charge in [-0.1, -0.05) is 0 Å². The highest BCUT2D eigenvalue weighted by Gasteiger charge is 2.30. The summed E-state index contributed by atoms with van der Waals surface area (Å²) in [5, 5.41) is 60.7. The van der Waals surface area contributed by atoms with Gasteiger partial charge in [0.15, 0.2) is 45.3 Å². The van der Waals surface area contributed by atoms with E-state index in [0.29, 0.717) is 0 Å². The van der Waals surface area contributed by atoms with Crippen molar-refractivity contribution in [3.8, 4) is 46.0 Å². The molecule has 0 unspecified atom stereocenters. The topological polar surface area (TPSA) is 251 Å². The number of hydrogen-bond acceptors (Lipinski definition) is 15. The molecule has 0 bridgehead atoms. The van der Waals surface area contributed by atoms with E-state index in [2.05, 4.69) is 0 Å². The van der Waals surface area contributed by atoms with Crippen LogP contribution in [-0.2, 0) is 0 Å². The van der Waals surface area contributed by atoms with Crippen LogP contribution in [0.1, 0.15) is 0 Å². The first kappa shape index (κ1) is 24.2. The minimum absolute atomic E-state index is 0.167. The molecule has 0 atom stereocenters. The number of phenolic OH excluding ortho intramolecular Hbond substituents is 6. The van der Waals surface area contributed by atoms with E-state index in [0.717, 1.165) is 24.3 Å². The maximum absolute atomic E-state index is 13.0. The quantitative estimate of drug-likeness (QED) is 0.0965. The average Bonchev–Trinajstić information content (AvgIpc) is 2.95. The SMILES string of the molecule is O=c1oc2c(Oc3c(O)cc4c(=O)oc5c(O)c(O)cc6c(=O)oc3c4c56)c(O)cc3c(=O)oc4c(O)c(O)cc1c4c23. The molecule has 0 aliphatic rings. The van der Waals surface area contributed by atoms with Gasteiger partial charge in [0.25, 0.3) is 0 Å². The van der Waals surface area contributed by atoms with Crippen LogP contribution in [0, 0.1) is 0 Å². The Balaban J connectivity index is 1.52. The van der Waals surface area contributed by atoms with Gasteiger partial charge >= 0.3 is 22.5 Å². The van der Waals surface area contributed by atoms with E-state index in [1.54, 1.807) is 0 Å². The molecule has 8 aromatic rings. The van der Waals surface area contributed by atoms with Crippen molar-refractivity contribution in [1.29, 1.82) is 0 Å². The summed E-state index contributed by atoms with van der Waals surface area (Å²) in [6.45, 7) is 0. The van der Waals surface area contributed by atoms with E-state index in [9.17, 15) is 49.8 Å². The summed E-state index contributed by atoms with van der Waals surface area (Å²) in [5.41, 5.74) is -6.67. The lowest BCUT2D eigenvalue weighted by Crippen LogP contribution is -2.08. The summed E-state index contributed by atoms with van der Waals surface area (Å²) in [6.07, 6.45) is 0. The maximum Gasteiger partial charge on any atom is 0.344 e. The third kappa shape index (κ3) is 2.86. The number of phenols is 6. The van der Waals surface area contributed by atoms with E-state index in [1.807, 2.05) is 0 Å². The Hall–Kier alpha value is -6.64. The Morgan fingerprint density at radius 2 is 0.698 bits per heavy atom. The summed E-state index contributed by atoms with van der Waals surface area (Å²) in [4.78, 5) is 51.5. The number of rotatable bonds is 2. The highest BCUT2D eigenvalue weighted by Crippen LogP contribution is 2.50. The van der Waals surface area contributed by atoms with Crippen molar-refractivity contribution < 1.29 is 53.0 Å². The molecule has 0 spiro atoms.